The van der Waals surface area contributed by atoms with E-state index in [-0.39, 0.29) is 5.91 Å². The lowest BCUT2D eigenvalue weighted by atomic mass is 10.2. The fourth-order valence-corrected chi connectivity index (χ4v) is 2.97. The third-order valence-corrected chi connectivity index (χ3v) is 4.28. The van der Waals surface area contributed by atoms with E-state index >= 15 is 0 Å². The van der Waals surface area contributed by atoms with Gasteiger partial charge >= 0.3 is 5.76 Å². The molecule has 0 atom stereocenters. The topological polar surface area (TPSA) is 97.2 Å². The van der Waals surface area contributed by atoms with Gasteiger partial charge in [0, 0.05) is 16.6 Å². The largest absolute Gasteiger partial charge is 0.487 e. The van der Waals surface area contributed by atoms with Crippen molar-refractivity contribution < 1.29 is 13.9 Å². The average molecular weight is 367 g/mol. The summed E-state index contributed by atoms with van der Waals surface area (Å²) in [6.07, 6.45) is 0. The number of nitrogens with one attached hydrogen (secondary N) is 2. The molecule has 0 aliphatic rings. The van der Waals surface area contributed by atoms with Crippen LogP contribution in [-0.4, -0.2) is 15.9 Å². The van der Waals surface area contributed by atoms with Crippen LogP contribution in [0.25, 0.3) is 11.1 Å². The van der Waals surface area contributed by atoms with Crippen molar-refractivity contribution in [2.24, 2.45) is 0 Å². The smallest absolute Gasteiger partial charge is 0.417 e. The molecule has 2 N–H and O–H groups in total. The Labute approximate surface area is 151 Å². The zero-order chi connectivity index (χ0) is 17.9. The third kappa shape index (κ3) is 3.50. The SMILES string of the molecule is O=C(Nc1ccc2oc(=O)[nH]c2c1)c1cccc(OCc2cscn2)c1. The van der Waals surface area contributed by atoms with E-state index < -0.39 is 5.76 Å². The predicted molar refractivity (Wildman–Crippen MR) is 97.7 cm³/mol. The van der Waals surface area contributed by atoms with E-state index in [0.717, 1.165) is 5.69 Å². The summed E-state index contributed by atoms with van der Waals surface area (Å²) in [6.45, 7) is 0.346. The highest BCUT2D eigenvalue weighted by Gasteiger charge is 2.09. The number of carbonyl (C=O) groups is 1. The summed E-state index contributed by atoms with van der Waals surface area (Å²) < 4.78 is 10.6. The molecule has 0 bridgehead atoms. The van der Waals surface area contributed by atoms with E-state index in [1.165, 1.54) is 11.3 Å². The molecule has 0 radical (unpaired) electrons. The van der Waals surface area contributed by atoms with Crippen LogP contribution in [0.3, 0.4) is 0 Å². The summed E-state index contributed by atoms with van der Waals surface area (Å²) in [7, 11) is 0. The monoisotopic (exact) mass is 367 g/mol. The van der Waals surface area contributed by atoms with Gasteiger partial charge in [0.15, 0.2) is 5.58 Å². The number of fused-ring (bicyclic) bond motifs is 1. The number of amides is 1. The van der Waals surface area contributed by atoms with Gasteiger partial charge in [0.2, 0.25) is 0 Å². The number of H-pyrrole nitrogens is 1. The van der Waals surface area contributed by atoms with Gasteiger partial charge in [-0.25, -0.2) is 9.78 Å². The second-order valence-electron chi connectivity index (χ2n) is 5.48. The Morgan fingerprint density at radius 1 is 1.27 bits per heavy atom. The summed E-state index contributed by atoms with van der Waals surface area (Å²) in [4.78, 5) is 30.4. The van der Waals surface area contributed by atoms with Gasteiger partial charge in [-0.3, -0.25) is 9.78 Å². The van der Waals surface area contributed by atoms with Crippen LogP contribution in [0.1, 0.15) is 16.1 Å². The third-order valence-electron chi connectivity index (χ3n) is 3.64. The number of nitrogens with zero attached hydrogens (tertiary/aromatic N) is 1. The molecule has 2 aromatic heterocycles. The minimum atomic E-state index is -0.534. The Morgan fingerprint density at radius 3 is 3.04 bits per heavy atom. The van der Waals surface area contributed by atoms with E-state index in [1.54, 1.807) is 48.0 Å². The van der Waals surface area contributed by atoms with Crippen molar-refractivity contribution in [1.82, 2.24) is 9.97 Å². The number of aromatic amines is 1. The molecule has 2 heterocycles. The van der Waals surface area contributed by atoms with Crippen molar-refractivity contribution in [3.8, 4) is 5.75 Å². The summed E-state index contributed by atoms with van der Waals surface area (Å²) in [5, 5.41) is 4.70. The first-order valence-electron chi connectivity index (χ1n) is 7.71. The van der Waals surface area contributed by atoms with Crippen molar-refractivity contribution in [3.05, 3.63) is 75.2 Å². The van der Waals surface area contributed by atoms with Gasteiger partial charge in [0.05, 0.1) is 16.7 Å². The molecule has 0 saturated carbocycles. The maximum atomic E-state index is 12.5. The van der Waals surface area contributed by atoms with Gasteiger partial charge in [-0.15, -0.1) is 11.3 Å². The van der Waals surface area contributed by atoms with Crippen LogP contribution in [0, 0.1) is 0 Å². The average Bonchev–Trinajstić information content (AvgIpc) is 3.28. The van der Waals surface area contributed by atoms with Crippen molar-refractivity contribution >= 4 is 34.0 Å². The molecule has 0 saturated heterocycles. The molecule has 130 valence electrons. The molecular formula is C18H13N3O4S. The van der Waals surface area contributed by atoms with Gasteiger partial charge in [-0.1, -0.05) is 6.07 Å². The molecule has 7 nitrogen and oxygen atoms in total. The number of ether oxygens (including phenoxy) is 1. The minimum Gasteiger partial charge on any atom is -0.487 e. The van der Waals surface area contributed by atoms with Crippen molar-refractivity contribution in [2.45, 2.75) is 6.61 Å². The van der Waals surface area contributed by atoms with Crippen LogP contribution in [0.15, 0.2) is 62.6 Å². The Bertz CT molecular complexity index is 1110. The van der Waals surface area contributed by atoms with E-state index in [9.17, 15) is 9.59 Å². The maximum Gasteiger partial charge on any atom is 0.417 e. The lowest BCUT2D eigenvalue weighted by Gasteiger charge is -2.08. The molecule has 26 heavy (non-hydrogen) atoms. The number of rotatable bonds is 5. The highest BCUT2D eigenvalue weighted by atomic mass is 32.1. The summed E-state index contributed by atoms with van der Waals surface area (Å²) in [6, 6.07) is 11.8. The van der Waals surface area contributed by atoms with Crippen LogP contribution >= 0.6 is 11.3 Å². The van der Waals surface area contributed by atoms with E-state index in [0.29, 0.717) is 34.7 Å². The second-order valence-corrected chi connectivity index (χ2v) is 6.19. The molecule has 4 aromatic rings. The molecule has 2 aromatic carbocycles. The maximum absolute atomic E-state index is 12.5. The first kappa shape index (κ1) is 16.1. The fourth-order valence-electron chi connectivity index (χ4n) is 2.43. The minimum absolute atomic E-state index is 0.283. The summed E-state index contributed by atoms with van der Waals surface area (Å²) in [5.41, 5.74) is 4.55. The molecule has 0 fully saturated rings. The van der Waals surface area contributed by atoms with Crippen molar-refractivity contribution in [3.63, 3.8) is 0 Å². The molecule has 0 aliphatic carbocycles. The molecule has 0 spiro atoms. The molecule has 4 rings (SSSR count). The van der Waals surface area contributed by atoms with Gasteiger partial charge in [0.1, 0.15) is 12.4 Å². The number of hydrogen-bond acceptors (Lipinski definition) is 6. The van der Waals surface area contributed by atoms with Crippen LogP contribution in [0.4, 0.5) is 5.69 Å². The number of aromatic nitrogens is 2. The van der Waals surface area contributed by atoms with Crippen molar-refractivity contribution in [2.75, 3.05) is 5.32 Å². The molecule has 0 unspecified atom stereocenters. The first-order valence-corrected chi connectivity index (χ1v) is 8.66. The van der Waals surface area contributed by atoms with Crippen LogP contribution in [-0.2, 0) is 6.61 Å². The summed E-state index contributed by atoms with van der Waals surface area (Å²) >= 11 is 1.50. The lowest BCUT2D eigenvalue weighted by molar-refractivity contribution is 0.102. The predicted octanol–water partition coefficient (Wildman–Crippen LogP) is 3.41. The Hall–Kier alpha value is -3.39. The van der Waals surface area contributed by atoms with Gasteiger partial charge in [-0.05, 0) is 36.4 Å². The number of oxazole rings is 1. The summed E-state index contributed by atoms with van der Waals surface area (Å²) in [5.74, 6) is -0.233. The number of benzene rings is 2. The van der Waals surface area contributed by atoms with Crippen molar-refractivity contribution in [1.29, 1.82) is 0 Å². The number of thiazole rings is 1. The Kier molecular flexibility index (Phi) is 4.24. The van der Waals surface area contributed by atoms with Crippen LogP contribution < -0.4 is 15.8 Å². The van der Waals surface area contributed by atoms with Gasteiger partial charge in [0.25, 0.3) is 5.91 Å². The quantitative estimate of drug-likeness (QED) is 0.563. The first-order chi connectivity index (χ1) is 12.7. The normalized spacial score (nSPS) is 10.8. The van der Waals surface area contributed by atoms with E-state index in [2.05, 4.69) is 15.3 Å². The standard InChI is InChI=1S/C18H13N3O4S/c22-17(20-12-4-5-16-15(7-12)21-18(23)25-16)11-2-1-3-14(6-11)24-8-13-9-26-10-19-13/h1-7,9-10H,8H2,(H,20,22)(H,21,23). The van der Waals surface area contributed by atoms with Crippen LogP contribution in [0.2, 0.25) is 0 Å². The highest BCUT2D eigenvalue weighted by Crippen LogP contribution is 2.19. The Morgan fingerprint density at radius 2 is 2.19 bits per heavy atom. The lowest BCUT2D eigenvalue weighted by Crippen LogP contribution is -2.12. The number of anilines is 1. The zero-order valence-corrected chi connectivity index (χ0v) is 14.2. The Balaban J connectivity index is 1.48. The molecule has 0 aliphatic heterocycles. The van der Waals surface area contributed by atoms with E-state index in [4.69, 9.17) is 9.15 Å². The molecule has 1 amide bonds. The van der Waals surface area contributed by atoms with E-state index in [1.807, 2.05) is 5.38 Å². The molecular weight excluding hydrogens is 354 g/mol. The van der Waals surface area contributed by atoms with Gasteiger partial charge in [-0.2, -0.15) is 0 Å². The molecule has 8 heteroatoms. The number of carbonyl (C=O) groups excluding carboxylic acids is 1. The highest BCUT2D eigenvalue weighted by molar-refractivity contribution is 7.07. The van der Waals surface area contributed by atoms with Crippen LogP contribution in [0.5, 0.6) is 5.75 Å². The fraction of sp³-hybridized carbons (Fsp3) is 0.0556. The van der Waals surface area contributed by atoms with Gasteiger partial charge < -0.3 is 14.5 Å². The zero-order valence-electron chi connectivity index (χ0n) is 13.4. The number of hydrogen-bond donors (Lipinski definition) is 2. The second kappa shape index (κ2) is 6.85.